The first-order valence-corrected chi connectivity index (χ1v) is 10.6. The SMILES string of the molecule is CC(C)(C)OC(=O)N1CCN(S(=O)(=O)c2ccc(C(=O)C3CC3)cc2)CC1. The minimum absolute atomic E-state index is 0.0879. The molecule has 0 unspecified atom stereocenters. The van der Waals surface area contributed by atoms with Gasteiger partial charge >= 0.3 is 6.09 Å². The fourth-order valence-corrected chi connectivity index (χ4v) is 4.38. The van der Waals surface area contributed by atoms with E-state index >= 15 is 0 Å². The molecule has 0 bridgehead atoms. The topological polar surface area (TPSA) is 84.0 Å². The van der Waals surface area contributed by atoms with Crippen molar-refractivity contribution in [1.82, 2.24) is 9.21 Å². The summed E-state index contributed by atoms with van der Waals surface area (Å²) in [5.41, 5.74) is -0.0221. The van der Waals surface area contributed by atoms with E-state index in [4.69, 9.17) is 4.74 Å². The van der Waals surface area contributed by atoms with E-state index in [9.17, 15) is 18.0 Å². The Labute approximate surface area is 160 Å². The Morgan fingerprint density at radius 3 is 2.04 bits per heavy atom. The summed E-state index contributed by atoms with van der Waals surface area (Å²) in [6.07, 6.45) is 1.41. The molecular formula is C19H26N2O5S. The predicted octanol–water partition coefficient (Wildman–Crippen LogP) is 2.52. The normalized spacial score (nSPS) is 19.0. The van der Waals surface area contributed by atoms with Crippen LogP contribution in [0.25, 0.3) is 0 Å². The summed E-state index contributed by atoms with van der Waals surface area (Å²) in [4.78, 5) is 25.9. The molecule has 148 valence electrons. The lowest BCUT2D eigenvalue weighted by Crippen LogP contribution is -2.51. The Kier molecular flexibility index (Phi) is 5.31. The van der Waals surface area contributed by atoms with E-state index in [1.54, 1.807) is 32.9 Å². The first-order valence-electron chi connectivity index (χ1n) is 9.20. The molecule has 1 amide bonds. The Morgan fingerprint density at radius 2 is 1.56 bits per heavy atom. The van der Waals surface area contributed by atoms with Crippen molar-refractivity contribution in [3.8, 4) is 0 Å². The average molecular weight is 394 g/mol. The van der Waals surface area contributed by atoms with Gasteiger partial charge in [0.2, 0.25) is 10.0 Å². The molecule has 0 radical (unpaired) electrons. The molecule has 0 atom stereocenters. The highest BCUT2D eigenvalue weighted by Gasteiger charge is 2.33. The minimum atomic E-state index is -3.65. The van der Waals surface area contributed by atoms with E-state index in [-0.39, 0.29) is 42.8 Å². The fraction of sp³-hybridized carbons (Fsp3) is 0.579. The molecule has 1 aromatic carbocycles. The number of hydrogen-bond donors (Lipinski definition) is 0. The van der Waals surface area contributed by atoms with Gasteiger partial charge in [-0.15, -0.1) is 0 Å². The number of ketones is 1. The number of hydrogen-bond acceptors (Lipinski definition) is 5. The molecule has 2 fully saturated rings. The number of rotatable bonds is 4. The van der Waals surface area contributed by atoms with Gasteiger partial charge in [0, 0.05) is 37.7 Å². The van der Waals surface area contributed by atoms with Gasteiger partial charge in [0.25, 0.3) is 0 Å². The molecule has 1 saturated carbocycles. The summed E-state index contributed by atoms with van der Waals surface area (Å²) >= 11 is 0. The van der Waals surface area contributed by atoms with Gasteiger partial charge < -0.3 is 9.64 Å². The highest BCUT2D eigenvalue weighted by atomic mass is 32.2. The fourth-order valence-electron chi connectivity index (χ4n) is 2.96. The zero-order chi connectivity index (χ0) is 19.8. The first kappa shape index (κ1) is 19.8. The summed E-state index contributed by atoms with van der Waals surface area (Å²) < 4.78 is 32.3. The molecule has 2 aliphatic rings. The van der Waals surface area contributed by atoms with Gasteiger partial charge in [0.05, 0.1) is 4.90 Å². The van der Waals surface area contributed by atoms with Crippen LogP contribution in [0, 0.1) is 5.92 Å². The van der Waals surface area contributed by atoms with E-state index < -0.39 is 21.7 Å². The molecular weight excluding hydrogens is 368 g/mol. The molecule has 8 heteroatoms. The van der Waals surface area contributed by atoms with Gasteiger partial charge in [-0.25, -0.2) is 13.2 Å². The third-order valence-corrected chi connectivity index (χ3v) is 6.53. The molecule has 7 nitrogen and oxygen atoms in total. The van der Waals surface area contributed by atoms with E-state index in [1.807, 2.05) is 0 Å². The lowest BCUT2D eigenvalue weighted by atomic mass is 10.1. The lowest BCUT2D eigenvalue weighted by molar-refractivity contribution is 0.0192. The molecule has 1 aromatic rings. The van der Waals surface area contributed by atoms with Gasteiger partial charge in [0.1, 0.15) is 5.60 Å². The van der Waals surface area contributed by atoms with E-state index in [0.717, 1.165) is 12.8 Å². The number of Topliss-reactive ketones (excluding diaryl/α,β-unsaturated/α-hetero) is 1. The smallest absolute Gasteiger partial charge is 0.410 e. The van der Waals surface area contributed by atoms with Gasteiger partial charge in [0.15, 0.2) is 5.78 Å². The highest BCUT2D eigenvalue weighted by Crippen LogP contribution is 2.32. The van der Waals surface area contributed by atoms with Crippen LogP contribution in [0.3, 0.4) is 0 Å². The Balaban J connectivity index is 1.63. The van der Waals surface area contributed by atoms with Crippen molar-refractivity contribution in [2.75, 3.05) is 26.2 Å². The van der Waals surface area contributed by atoms with Crippen LogP contribution in [0.4, 0.5) is 4.79 Å². The van der Waals surface area contributed by atoms with Crippen molar-refractivity contribution in [1.29, 1.82) is 0 Å². The monoisotopic (exact) mass is 394 g/mol. The molecule has 0 aromatic heterocycles. The Bertz CT molecular complexity index is 815. The van der Waals surface area contributed by atoms with Crippen LogP contribution in [0.1, 0.15) is 44.0 Å². The lowest BCUT2D eigenvalue weighted by Gasteiger charge is -2.35. The Morgan fingerprint density at radius 1 is 1.00 bits per heavy atom. The second-order valence-corrected chi connectivity index (χ2v) is 9.97. The molecule has 1 heterocycles. The molecule has 0 spiro atoms. The number of carbonyl (C=O) groups excluding carboxylic acids is 2. The zero-order valence-corrected chi connectivity index (χ0v) is 16.8. The first-order chi connectivity index (χ1) is 12.6. The zero-order valence-electron chi connectivity index (χ0n) is 16.0. The van der Waals surface area contributed by atoms with E-state index in [2.05, 4.69) is 0 Å². The van der Waals surface area contributed by atoms with Crippen molar-refractivity contribution in [2.45, 2.75) is 44.1 Å². The number of sulfonamides is 1. The second kappa shape index (κ2) is 7.24. The maximum atomic E-state index is 12.8. The minimum Gasteiger partial charge on any atom is -0.444 e. The summed E-state index contributed by atoms with van der Waals surface area (Å²) in [7, 11) is -3.65. The molecule has 27 heavy (non-hydrogen) atoms. The number of ether oxygens (including phenoxy) is 1. The van der Waals surface area contributed by atoms with Gasteiger partial charge in [-0.05, 0) is 45.7 Å². The van der Waals surface area contributed by atoms with Gasteiger partial charge in [-0.3, -0.25) is 4.79 Å². The molecule has 1 saturated heterocycles. The summed E-state index contributed by atoms with van der Waals surface area (Å²) in [5.74, 6) is 0.193. The van der Waals surface area contributed by atoms with Crippen LogP contribution < -0.4 is 0 Å². The number of amides is 1. The van der Waals surface area contributed by atoms with Crippen LogP contribution in [0.15, 0.2) is 29.2 Å². The molecule has 1 aliphatic heterocycles. The highest BCUT2D eigenvalue weighted by molar-refractivity contribution is 7.89. The maximum Gasteiger partial charge on any atom is 0.410 e. The Hall–Kier alpha value is -1.93. The molecule has 1 aliphatic carbocycles. The van der Waals surface area contributed by atoms with Crippen molar-refractivity contribution in [3.05, 3.63) is 29.8 Å². The second-order valence-electron chi connectivity index (χ2n) is 8.03. The van der Waals surface area contributed by atoms with Crippen LogP contribution >= 0.6 is 0 Å². The number of benzene rings is 1. The summed E-state index contributed by atoms with van der Waals surface area (Å²) in [6, 6.07) is 6.16. The van der Waals surface area contributed by atoms with Crippen LogP contribution in [-0.2, 0) is 14.8 Å². The largest absolute Gasteiger partial charge is 0.444 e. The van der Waals surface area contributed by atoms with Crippen molar-refractivity contribution < 1.29 is 22.7 Å². The maximum absolute atomic E-state index is 12.8. The van der Waals surface area contributed by atoms with Crippen LogP contribution in [0.2, 0.25) is 0 Å². The summed E-state index contributed by atoms with van der Waals surface area (Å²) in [5, 5.41) is 0. The van der Waals surface area contributed by atoms with Crippen molar-refractivity contribution in [3.63, 3.8) is 0 Å². The van der Waals surface area contributed by atoms with Gasteiger partial charge in [-0.1, -0.05) is 12.1 Å². The standard InChI is InChI=1S/C19H26N2O5S/c1-19(2,3)26-18(23)20-10-12-21(13-11-20)27(24,25)16-8-6-15(7-9-16)17(22)14-4-5-14/h6-9,14H,4-5,10-13H2,1-3H3. The van der Waals surface area contributed by atoms with Crippen LogP contribution in [0.5, 0.6) is 0 Å². The third kappa shape index (κ3) is 4.68. The van der Waals surface area contributed by atoms with Crippen LogP contribution in [-0.4, -0.2) is 61.3 Å². The quantitative estimate of drug-likeness (QED) is 0.733. The van der Waals surface area contributed by atoms with Crippen molar-refractivity contribution in [2.24, 2.45) is 5.92 Å². The third-order valence-electron chi connectivity index (χ3n) is 4.62. The van der Waals surface area contributed by atoms with E-state index in [0.29, 0.717) is 5.56 Å². The van der Waals surface area contributed by atoms with Crippen molar-refractivity contribution >= 4 is 21.9 Å². The molecule has 3 rings (SSSR count). The van der Waals surface area contributed by atoms with E-state index in [1.165, 1.54) is 21.3 Å². The number of piperazine rings is 1. The average Bonchev–Trinajstić information content (AvgIpc) is 3.45. The molecule has 0 N–H and O–H groups in total. The van der Waals surface area contributed by atoms with Gasteiger partial charge in [-0.2, -0.15) is 4.31 Å². The summed E-state index contributed by atoms with van der Waals surface area (Å²) in [6.45, 7) is 6.38. The number of nitrogens with zero attached hydrogens (tertiary/aromatic N) is 2. The number of carbonyl (C=O) groups is 2. The predicted molar refractivity (Wildman–Crippen MR) is 100 cm³/mol.